The largest absolute Gasteiger partial charge is 0.390 e. The maximum atomic E-state index is 11.9. The van der Waals surface area contributed by atoms with Crippen LogP contribution in [0.4, 0.5) is 0 Å². The highest BCUT2D eigenvalue weighted by Crippen LogP contribution is 2.80. The van der Waals surface area contributed by atoms with Crippen molar-refractivity contribution in [1.82, 2.24) is 0 Å². The third-order valence-electron chi connectivity index (χ3n) is 12.4. The number of hydrogen-bond acceptors (Lipinski definition) is 3. The van der Waals surface area contributed by atoms with Crippen molar-refractivity contribution in [2.75, 3.05) is 6.61 Å². The van der Waals surface area contributed by atoms with E-state index < -0.39 is 11.4 Å². The Morgan fingerprint density at radius 3 is 2.52 bits per heavy atom. The van der Waals surface area contributed by atoms with Gasteiger partial charge in [-0.3, -0.25) is 0 Å². The first-order valence-corrected chi connectivity index (χ1v) is 14.0. The van der Waals surface area contributed by atoms with Crippen molar-refractivity contribution < 1.29 is 14.6 Å². The lowest BCUT2D eigenvalue weighted by molar-refractivity contribution is -0.347. The third kappa shape index (κ3) is 2.74. The van der Waals surface area contributed by atoms with Gasteiger partial charge in [0.05, 0.1) is 18.3 Å². The van der Waals surface area contributed by atoms with E-state index in [-0.39, 0.29) is 28.3 Å². The van der Waals surface area contributed by atoms with Gasteiger partial charge in [0.25, 0.3) is 0 Å². The lowest BCUT2D eigenvalue weighted by Crippen LogP contribution is -2.66. The second kappa shape index (κ2) is 6.68. The minimum Gasteiger partial charge on any atom is -0.390 e. The van der Waals surface area contributed by atoms with E-state index in [1.807, 2.05) is 0 Å². The molecule has 6 rings (SSSR count). The maximum absolute atomic E-state index is 11.9. The zero-order valence-electron chi connectivity index (χ0n) is 22.2. The van der Waals surface area contributed by atoms with Crippen LogP contribution >= 0.6 is 0 Å². The van der Waals surface area contributed by atoms with E-state index in [0.717, 1.165) is 37.7 Å². The Bertz CT molecular complexity index is 859. The van der Waals surface area contributed by atoms with Crippen LogP contribution in [0.25, 0.3) is 0 Å². The Morgan fingerprint density at radius 1 is 1.03 bits per heavy atom. The minimum absolute atomic E-state index is 0.104. The first-order chi connectivity index (χ1) is 15.3. The zero-order chi connectivity index (χ0) is 23.7. The van der Waals surface area contributed by atoms with Gasteiger partial charge >= 0.3 is 0 Å². The van der Waals surface area contributed by atoms with Gasteiger partial charge in [-0.15, -0.1) is 0 Å². The summed E-state index contributed by atoms with van der Waals surface area (Å²) >= 11 is 0. The molecular formula is C30H48O3. The average molecular weight is 457 g/mol. The lowest BCUT2D eigenvalue weighted by atomic mass is 9.36. The summed E-state index contributed by atoms with van der Waals surface area (Å²) in [6.45, 7) is 17.7. The zero-order valence-corrected chi connectivity index (χ0v) is 22.2. The second-order valence-electron chi connectivity index (χ2n) is 15.0. The van der Waals surface area contributed by atoms with Crippen molar-refractivity contribution in [3.63, 3.8) is 0 Å². The molecule has 4 aliphatic carbocycles. The highest BCUT2D eigenvalue weighted by molar-refractivity contribution is 5.27. The van der Waals surface area contributed by atoms with E-state index in [1.165, 1.54) is 32.1 Å². The Labute approximate surface area is 202 Å². The Hall–Kier alpha value is -0.380. The number of ether oxygens (including phenoxy) is 2. The molecule has 3 saturated carbocycles. The van der Waals surface area contributed by atoms with Crippen molar-refractivity contribution >= 4 is 0 Å². The fourth-order valence-corrected chi connectivity index (χ4v) is 11.5. The van der Waals surface area contributed by atoms with Crippen molar-refractivity contribution in [2.45, 2.75) is 117 Å². The number of allylic oxidation sites excluding steroid dienone is 2. The monoisotopic (exact) mass is 456 g/mol. The summed E-state index contributed by atoms with van der Waals surface area (Å²) in [6.07, 6.45) is 14.3. The molecule has 2 aliphatic heterocycles. The Morgan fingerprint density at radius 2 is 1.79 bits per heavy atom. The molecule has 2 unspecified atom stereocenters. The van der Waals surface area contributed by atoms with E-state index in [4.69, 9.17) is 9.47 Å². The highest BCUT2D eigenvalue weighted by atomic mass is 16.7. The molecular weight excluding hydrogens is 408 g/mol. The number of fused-ring (bicyclic) bond motifs is 4. The molecule has 0 radical (unpaired) electrons. The quantitative estimate of drug-likeness (QED) is 0.468. The molecule has 0 amide bonds. The molecule has 0 aromatic rings. The Balaban J connectivity index is 1.40. The summed E-state index contributed by atoms with van der Waals surface area (Å²) in [5.74, 6) is 2.13. The topological polar surface area (TPSA) is 38.7 Å². The van der Waals surface area contributed by atoms with Gasteiger partial charge < -0.3 is 14.6 Å². The average Bonchev–Trinajstić information content (AvgIpc) is 3.18. The van der Waals surface area contributed by atoms with Crippen LogP contribution in [0.3, 0.4) is 0 Å². The first-order valence-electron chi connectivity index (χ1n) is 14.0. The smallest absolute Gasteiger partial charge is 0.175 e. The predicted molar refractivity (Wildman–Crippen MR) is 131 cm³/mol. The Kier molecular flexibility index (Phi) is 4.66. The van der Waals surface area contributed by atoms with E-state index in [2.05, 4.69) is 60.6 Å². The van der Waals surface area contributed by atoms with Gasteiger partial charge in [0.2, 0.25) is 0 Å². The van der Waals surface area contributed by atoms with E-state index in [0.29, 0.717) is 17.3 Å². The van der Waals surface area contributed by atoms with E-state index >= 15 is 0 Å². The molecule has 0 aromatic heterocycles. The normalized spacial score (nSPS) is 58.5. The lowest BCUT2D eigenvalue weighted by Gasteiger charge is -2.69. The molecule has 3 nitrogen and oxygen atoms in total. The molecule has 1 N–H and O–H groups in total. The maximum Gasteiger partial charge on any atom is 0.175 e. The first kappa shape index (κ1) is 23.0. The summed E-state index contributed by atoms with van der Waals surface area (Å²) < 4.78 is 13.7. The SMILES string of the molecule is CC(C)CC1C[C@](C)(O)C2[C@H]3CC[C@@H]4[C@@]5(C)CC=CC(C)(C)[C@@H]5CC[C@@]4(C)[C@@]34CO[C@@]2(C4)O1. The van der Waals surface area contributed by atoms with E-state index in [9.17, 15) is 5.11 Å². The van der Waals surface area contributed by atoms with Crippen LogP contribution in [0.5, 0.6) is 0 Å². The van der Waals surface area contributed by atoms with Gasteiger partial charge in [0.15, 0.2) is 5.79 Å². The molecule has 186 valence electrons. The summed E-state index contributed by atoms with van der Waals surface area (Å²) in [4.78, 5) is 0. The third-order valence-corrected chi connectivity index (χ3v) is 12.4. The summed E-state index contributed by atoms with van der Waals surface area (Å²) in [7, 11) is 0. The van der Waals surface area contributed by atoms with E-state index in [1.54, 1.807) is 0 Å². The number of rotatable bonds is 2. The fourth-order valence-electron chi connectivity index (χ4n) is 11.5. The van der Waals surface area contributed by atoms with Crippen molar-refractivity contribution in [3.8, 4) is 0 Å². The van der Waals surface area contributed by atoms with Crippen molar-refractivity contribution in [1.29, 1.82) is 0 Å². The minimum atomic E-state index is -0.704. The molecule has 2 saturated heterocycles. The van der Waals surface area contributed by atoms with Crippen LogP contribution in [0.1, 0.15) is 99.8 Å². The standard InChI is InChI=1S/C30H48O3/c1-19(2)15-20-16-28(7,31)24-21-9-10-23-26(5)13-8-12-25(3,4)22(26)11-14-27(23,6)29(21)17-30(24,33-20)32-18-29/h8,12,19-24,31H,9-11,13-18H2,1-7H3/t20?,21-,22+,23-,24?,26+,27-,28+,29+,30+/m1/s1. The van der Waals surface area contributed by atoms with Gasteiger partial charge in [-0.05, 0) is 85.4 Å². The van der Waals surface area contributed by atoms with Gasteiger partial charge in [-0.25, -0.2) is 0 Å². The van der Waals surface area contributed by atoms with Gasteiger partial charge in [-0.2, -0.15) is 0 Å². The van der Waals surface area contributed by atoms with Gasteiger partial charge in [-0.1, -0.05) is 53.7 Å². The van der Waals surface area contributed by atoms with Crippen molar-refractivity contribution in [2.24, 2.45) is 51.2 Å². The molecule has 2 bridgehead atoms. The predicted octanol–water partition coefficient (Wildman–Crippen LogP) is 6.74. The van der Waals surface area contributed by atoms with Crippen molar-refractivity contribution in [3.05, 3.63) is 12.2 Å². The molecule has 2 heterocycles. The number of aliphatic hydroxyl groups is 1. The van der Waals surface area contributed by atoms with Crippen LogP contribution < -0.4 is 0 Å². The van der Waals surface area contributed by atoms with Crippen LogP contribution in [0.2, 0.25) is 0 Å². The molecule has 33 heavy (non-hydrogen) atoms. The number of hydrogen-bond donors (Lipinski definition) is 1. The summed E-state index contributed by atoms with van der Waals surface area (Å²) in [6, 6.07) is 0. The summed E-state index contributed by atoms with van der Waals surface area (Å²) in [5, 5.41) is 11.9. The molecule has 2 spiro atoms. The fraction of sp³-hybridized carbons (Fsp3) is 0.933. The molecule has 3 heteroatoms. The molecule has 6 aliphatic rings. The summed E-state index contributed by atoms with van der Waals surface area (Å²) in [5.41, 5.74) is 0.353. The van der Waals surface area contributed by atoms with Crippen LogP contribution in [-0.2, 0) is 9.47 Å². The molecule has 5 fully saturated rings. The highest BCUT2D eigenvalue weighted by Gasteiger charge is 2.80. The molecule has 0 aromatic carbocycles. The van der Waals surface area contributed by atoms with Gasteiger partial charge in [0.1, 0.15) is 0 Å². The van der Waals surface area contributed by atoms with Crippen LogP contribution in [0.15, 0.2) is 12.2 Å². The van der Waals surface area contributed by atoms with Gasteiger partial charge in [0, 0.05) is 24.2 Å². The van der Waals surface area contributed by atoms with Crippen LogP contribution in [-0.4, -0.2) is 29.2 Å². The molecule has 10 atom stereocenters. The second-order valence-corrected chi connectivity index (χ2v) is 15.0. The van der Waals surface area contributed by atoms with Crippen LogP contribution in [0, 0.1) is 51.2 Å².